The van der Waals surface area contributed by atoms with Gasteiger partial charge in [-0.25, -0.2) is 0 Å². The quantitative estimate of drug-likeness (QED) is 0.862. The second-order valence-electron chi connectivity index (χ2n) is 5.09. The van der Waals surface area contributed by atoms with Crippen molar-refractivity contribution in [2.24, 2.45) is 5.92 Å². The molecule has 1 aliphatic heterocycles. The lowest BCUT2D eigenvalue weighted by atomic mass is 9.93. The van der Waals surface area contributed by atoms with E-state index in [4.69, 9.17) is 0 Å². The highest BCUT2D eigenvalue weighted by atomic mass is 15.2. The number of hydrogen-bond donors (Lipinski definition) is 1. The SMILES string of the molecule is CCc1ccccc1N1CCC(NC)C(C)C1. The summed E-state index contributed by atoms with van der Waals surface area (Å²) in [6.45, 7) is 6.93. The van der Waals surface area contributed by atoms with Crippen LogP contribution < -0.4 is 10.2 Å². The summed E-state index contributed by atoms with van der Waals surface area (Å²) in [4.78, 5) is 2.55. The summed E-state index contributed by atoms with van der Waals surface area (Å²) in [7, 11) is 2.08. The van der Waals surface area contributed by atoms with Gasteiger partial charge in [-0.1, -0.05) is 32.0 Å². The van der Waals surface area contributed by atoms with Crippen molar-refractivity contribution in [3.05, 3.63) is 29.8 Å². The lowest BCUT2D eigenvalue weighted by Crippen LogP contribution is -2.47. The largest absolute Gasteiger partial charge is 0.371 e. The molecule has 1 aromatic rings. The molecule has 0 bridgehead atoms. The van der Waals surface area contributed by atoms with Crippen molar-refractivity contribution >= 4 is 5.69 Å². The first-order valence-corrected chi connectivity index (χ1v) is 6.76. The zero-order chi connectivity index (χ0) is 12.3. The summed E-state index contributed by atoms with van der Waals surface area (Å²) in [5, 5.41) is 3.43. The summed E-state index contributed by atoms with van der Waals surface area (Å²) in [6, 6.07) is 9.50. The summed E-state index contributed by atoms with van der Waals surface area (Å²) in [6.07, 6.45) is 2.37. The highest BCUT2D eigenvalue weighted by Crippen LogP contribution is 2.26. The van der Waals surface area contributed by atoms with E-state index in [1.165, 1.54) is 30.8 Å². The van der Waals surface area contributed by atoms with Crippen LogP contribution in [0, 0.1) is 5.92 Å². The minimum absolute atomic E-state index is 0.681. The molecule has 94 valence electrons. The molecule has 2 rings (SSSR count). The fourth-order valence-corrected chi connectivity index (χ4v) is 2.91. The van der Waals surface area contributed by atoms with Crippen molar-refractivity contribution in [1.29, 1.82) is 0 Å². The van der Waals surface area contributed by atoms with Crippen LogP contribution in [0.5, 0.6) is 0 Å². The topological polar surface area (TPSA) is 15.3 Å². The molecule has 2 heteroatoms. The predicted molar refractivity (Wildman–Crippen MR) is 74.7 cm³/mol. The average molecular weight is 232 g/mol. The fraction of sp³-hybridized carbons (Fsp3) is 0.600. The molecule has 1 aromatic carbocycles. The number of para-hydroxylation sites is 1. The van der Waals surface area contributed by atoms with Gasteiger partial charge in [0, 0.05) is 24.8 Å². The van der Waals surface area contributed by atoms with Crippen LogP contribution >= 0.6 is 0 Å². The second-order valence-corrected chi connectivity index (χ2v) is 5.09. The van der Waals surface area contributed by atoms with E-state index in [2.05, 4.69) is 55.4 Å². The molecule has 1 N–H and O–H groups in total. The molecule has 1 heterocycles. The first kappa shape index (κ1) is 12.4. The highest BCUT2D eigenvalue weighted by Gasteiger charge is 2.25. The van der Waals surface area contributed by atoms with Crippen LogP contribution in [-0.2, 0) is 6.42 Å². The summed E-state index contributed by atoms with van der Waals surface area (Å²) >= 11 is 0. The van der Waals surface area contributed by atoms with E-state index in [1.807, 2.05) is 0 Å². The minimum atomic E-state index is 0.681. The number of rotatable bonds is 3. The Labute approximate surface area is 105 Å². The third kappa shape index (κ3) is 2.63. The van der Waals surface area contributed by atoms with Crippen molar-refractivity contribution in [3.63, 3.8) is 0 Å². The zero-order valence-electron chi connectivity index (χ0n) is 11.2. The highest BCUT2D eigenvalue weighted by molar-refractivity contribution is 5.54. The number of nitrogens with zero attached hydrogens (tertiary/aromatic N) is 1. The molecule has 1 saturated heterocycles. The average Bonchev–Trinajstić information content (AvgIpc) is 2.38. The Morgan fingerprint density at radius 3 is 2.76 bits per heavy atom. The molecule has 0 aromatic heterocycles. The molecular formula is C15H24N2. The van der Waals surface area contributed by atoms with Crippen molar-refractivity contribution in [2.75, 3.05) is 25.0 Å². The van der Waals surface area contributed by atoms with E-state index < -0.39 is 0 Å². The van der Waals surface area contributed by atoms with Gasteiger partial charge in [-0.05, 0) is 37.4 Å². The van der Waals surface area contributed by atoms with Gasteiger partial charge in [0.25, 0.3) is 0 Å². The van der Waals surface area contributed by atoms with Gasteiger partial charge in [0.15, 0.2) is 0 Å². The Morgan fingerprint density at radius 2 is 2.12 bits per heavy atom. The lowest BCUT2D eigenvalue weighted by Gasteiger charge is -2.39. The molecule has 2 nitrogen and oxygen atoms in total. The van der Waals surface area contributed by atoms with Crippen LogP contribution in [0.2, 0.25) is 0 Å². The Balaban J connectivity index is 2.13. The molecule has 2 unspecified atom stereocenters. The van der Waals surface area contributed by atoms with Gasteiger partial charge in [0.2, 0.25) is 0 Å². The normalized spacial score (nSPS) is 25.0. The Bertz CT molecular complexity index is 362. The van der Waals surface area contributed by atoms with Crippen molar-refractivity contribution < 1.29 is 0 Å². The first-order chi connectivity index (χ1) is 8.26. The molecule has 0 aliphatic carbocycles. The number of benzene rings is 1. The third-order valence-electron chi connectivity index (χ3n) is 3.99. The van der Waals surface area contributed by atoms with E-state index in [0.717, 1.165) is 12.3 Å². The molecule has 17 heavy (non-hydrogen) atoms. The van der Waals surface area contributed by atoms with Gasteiger partial charge in [-0.15, -0.1) is 0 Å². The molecule has 0 amide bonds. The number of aryl methyl sites for hydroxylation is 1. The smallest absolute Gasteiger partial charge is 0.0398 e. The number of hydrogen-bond acceptors (Lipinski definition) is 2. The molecule has 1 aliphatic rings. The van der Waals surface area contributed by atoms with E-state index in [1.54, 1.807) is 0 Å². The lowest BCUT2D eigenvalue weighted by molar-refractivity contribution is 0.338. The van der Waals surface area contributed by atoms with Gasteiger partial charge >= 0.3 is 0 Å². The van der Waals surface area contributed by atoms with Crippen molar-refractivity contribution in [2.45, 2.75) is 32.7 Å². The molecular weight excluding hydrogens is 208 g/mol. The number of nitrogens with one attached hydrogen (secondary N) is 1. The molecule has 2 atom stereocenters. The summed E-state index contributed by atoms with van der Waals surface area (Å²) in [5.74, 6) is 0.721. The first-order valence-electron chi connectivity index (χ1n) is 6.76. The molecule has 0 radical (unpaired) electrons. The Hall–Kier alpha value is -1.02. The third-order valence-corrected chi connectivity index (χ3v) is 3.99. The van der Waals surface area contributed by atoms with Crippen molar-refractivity contribution in [1.82, 2.24) is 5.32 Å². The maximum Gasteiger partial charge on any atom is 0.0398 e. The van der Waals surface area contributed by atoms with Crippen LogP contribution in [0.4, 0.5) is 5.69 Å². The van der Waals surface area contributed by atoms with Crippen LogP contribution in [0.15, 0.2) is 24.3 Å². The zero-order valence-corrected chi connectivity index (χ0v) is 11.2. The molecule has 1 fully saturated rings. The van der Waals surface area contributed by atoms with E-state index >= 15 is 0 Å². The Morgan fingerprint density at radius 1 is 1.35 bits per heavy atom. The van der Waals surface area contributed by atoms with Gasteiger partial charge in [-0.3, -0.25) is 0 Å². The van der Waals surface area contributed by atoms with Gasteiger partial charge < -0.3 is 10.2 Å². The Kier molecular flexibility index (Phi) is 4.06. The fourth-order valence-electron chi connectivity index (χ4n) is 2.91. The molecule has 0 saturated carbocycles. The standard InChI is InChI=1S/C15H24N2/c1-4-13-7-5-6-8-15(13)17-10-9-14(16-3)12(2)11-17/h5-8,12,14,16H,4,9-11H2,1-3H3. The van der Waals surface area contributed by atoms with Gasteiger partial charge in [0.1, 0.15) is 0 Å². The number of piperidine rings is 1. The molecule has 0 spiro atoms. The van der Waals surface area contributed by atoms with Gasteiger partial charge in [0.05, 0.1) is 0 Å². The van der Waals surface area contributed by atoms with Crippen LogP contribution in [0.1, 0.15) is 25.8 Å². The number of anilines is 1. The minimum Gasteiger partial charge on any atom is -0.371 e. The van der Waals surface area contributed by atoms with Crippen molar-refractivity contribution in [3.8, 4) is 0 Å². The maximum atomic E-state index is 3.43. The van der Waals surface area contributed by atoms with E-state index in [9.17, 15) is 0 Å². The summed E-state index contributed by atoms with van der Waals surface area (Å²) in [5.41, 5.74) is 2.92. The van der Waals surface area contributed by atoms with Crippen LogP contribution in [0.25, 0.3) is 0 Å². The van der Waals surface area contributed by atoms with E-state index in [0.29, 0.717) is 6.04 Å². The van der Waals surface area contributed by atoms with Gasteiger partial charge in [-0.2, -0.15) is 0 Å². The predicted octanol–water partition coefficient (Wildman–Crippen LogP) is 2.68. The van der Waals surface area contributed by atoms with Crippen LogP contribution in [0.3, 0.4) is 0 Å². The van der Waals surface area contributed by atoms with E-state index in [-0.39, 0.29) is 0 Å². The monoisotopic (exact) mass is 232 g/mol. The maximum absolute atomic E-state index is 3.43. The summed E-state index contributed by atoms with van der Waals surface area (Å²) < 4.78 is 0. The second kappa shape index (κ2) is 5.54. The van der Waals surface area contributed by atoms with Crippen LogP contribution in [-0.4, -0.2) is 26.2 Å².